The van der Waals surface area contributed by atoms with Gasteiger partial charge in [-0.05, 0) is 19.1 Å². The summed E-state index contributed by atoms with van der Waals surface area (Å²) in [5, 5.41) is 6.09. The standard InChI is InChI=1S/C18H21N5O2S.2ClH/c1-12-3-4-15(25-12)18-21-13(11-26-18)9-16(24)23-8-5-19-10-14(23)17-20-6-7-22(17)2;;/h3-4,6-7,11,14,19H,5,8-10H2,1-2H3;2*1H. The molecule has 152 valence electrons. The number of aryl methyl sites for hydroxylation is 2. The van der Waals surface area contributed by atoms with E-state index in [0.717, 1.165) is 34.6 Å². The molecule has 0 aliphatic carbocycles. The molecule has 1 fully saturated rings. The lowest BCUT2D eigenvalue weighted by Crippen LogP contribution is -2.49. The first kappa shape index (κ1) is 22.4. The second kappa shape index (κ2) is 9.56. The Bertz CT molecular complexity index is 923. The number of carbonyl (C=O) groups is 1. The van der Waals surface area contributed by atoms with Crippen molar-refractivity contribution in [3.63, 3.8) is 0 Å². The van der Waals surface area contributed by atoms with Crippen molar-refractivity contribution < 1.29 is 9.21 Å². The summed E-state index contributed by atoms with van der Waals surface area (Å²) in [6, 6.07) is 3.77. The van der Waals surface area contributed by atoms with Crippen molar-refractivity contribution in [2.45, 2.75) is 19.4 Å². The number of nitrogens with zero attached hydrogens (tertiary/aromatic N) is 4. The highest BCUT2D eigenvalue weighted by molar-refractivity contribution is 7.13. The minimum atomic E-state index is -0.0536. The molecular weight excluding hydrogens is 421 g/mol. The van der Waals surface area contributed by atoms with Crippen molar-refractivity contribution in [1.29, 1.82) is 0 Å². The van der Waals surface area contributed by atoms with Crippen molar-refractivity contribution in [3.05, 3.63) is 47.2 Å². The van der Waals surface area contributed by atoms with E-state index < -0.39 is 0 Å². The Morgan fingerprint density at radius 2 is 2.21 bits per heavy atom. The van der Waals surface area contributed by atoms with Crippen LogP contribution in [0.15, 0.2) is 34.3 Å². The zero-order valence-corrected chi connectivity index (χ0v) is 18.1. The lowest BCUT2D eigenvalue weighted by molar-refractivity contribution is -0.134. The van der Waals surface area contributed by atoms with Gasteiger partial charge in [0.1, 0.15) is 17.6 Å². The number of nitrogens with one attached hydrogen (secondary N) is 1. The maximum absolute atomic E-state index is 12.9. The quantitative estimate of drug-likeness (QED) is 0.670. The Morgan fingerprint density at radius 3 is 2.89 bits per heavy atom. The van der Waals surface area contributed by atoms with Gasteiger partial charge in [0.2, 0.25) is 5.91 Å². The monoisotopic (exact) mass is 443 g/mol. The molecule has 0 radical (unpaired) electrons. The van der Waals surface area contributed by atoms with Crippen molar-refractivity contribution in [3.8, 4) is 10.8 Å². The molecule has 0 saturated carbocycles. The van der Waals surface area contributed by atoms with Crippen molar-refractivity contribution in [2.24, 2.45) is 7.05 Å². The highest BCUT2D eigenvalue weighted by Gasteiger charge is 2.30. The Hall–Kier alpha value is -1.87. The van der Waals surface area contributed by atoms with Crippen LogP contribution in [0.25, 0.3) is 10.8 Å². The van der Waals surface area contributed by atoms with Crippen LogP contribution in [0.2, 0.25) is 0 Å². The number of carbonyl (C=O) groups excluding carboxylic acids is 1. The number of aromatic nitrogens is 3. The number of imidazole rings is 1. The van der Waals surface area contributed by atoms with Gasteiger partial charge in [0.15, 0.2) is 10.8 Å². The fourth-order valence-electron chi connectivity index (χ4n) is 3.24. The second-order valence-corrected chi connectivity index (χ2v) is 7.29. The molecule has 3 aromatic rings. The predicted octanol–water partition coefficient (Wildman–Crippen LogP) is 3.00. The number of hydrogen-bond donors (Lipinski definition) is 1. The van der Waals surface area contributed by atoms with E-state index in [1.54, 1.807) is 6.20 Å². The lowest BCUT2D eigenvalue weighted by atomic mass is 10.1. The molecule has 10 heteroatoms. The van der Waals surface area contributed by atoms with Gasteiger partial charge in [-0.15, -0.1) is 36.2 Å². The summed E-state index contributed by atoms with van der Waals surface area (Å²) in [5.41, 5.74) is 0.779. The van der Waals surface area contributed by atoms with E-state index >= 15 is 0 Å². The molecule has 7 nitrogen and oxygen atoms in total. The average Bonchev–Trinajstić information content (AvgIpc) is 3.36. The normalized spacial score (nSPS) is 16.4. The van der Waals surface area contributed by atoms with Gasteiger partial charge in [-0.2, -0.15) is 0 Å². The zero-order valence-electron chi connectivity index (χ0n) is 15.6. The van der Waals surface area contributed by atoms with Crippen LogP contribution in [0.1, 0.15) is 23.3 Å². The van der Waals surface area contributed by atoms with E-state index in [-0.39, 0.29) is 43.2 Å². The van der Waals surface area contributed by atoms with Gasteiger partial charge in [0.25, 0.3) is 0 Å². The average molecular weight is 444 g/mol. The topological polar surface area (TPSA) is 76.2 Å². The largest absolute Gasteiger partial charge is 0.459 e. The Balaban J connectivity index is 0.00000140. The third kappa shape index (κ3) is 4.57. The van der Waals surface area contributed by atoms with Crippen molar-refractivity contribution in [1.82, 2.24) is 24.8 Å². The highest BCUT2D eigenvalue weighted by atomic mass is 35.5. The molecule has 1 aliphatic rings. The summed E-state index contributed by atoms with van der Waals surface area (Å²) in [4.78, 5) is 23.9. The SMILES string of the molecule is Cc1ccc(-c2nc(CC(=O)N3CCNCC3c3nccn3C)cs2)o1.Cl.Cl. The Labute approximate surface area is 180 Å². The summed E-state index contributed by atoms with van der Waals surface area (Å²) in [6.07, 6.45) is 3.96. The van der Waals surface area contributed by atoms with Crippen LogP contribution in [-0.2, 0) is 18.3 Å². The van der Waals surface area contributed by atoms with Gasteiger partial charge < -0.3 is 19.2 Å². The molecule has 1 atom stereocenters. The van der Waals surface area contributed by atoms with Crippen LogP contribution in [0.3, 0.4) is 0 Å². The highest BCUT2D eigenvalue weighted by Crippen LogP contribution is 2.27. The van der Waals surface area contributed by atoms with Gasteiger partial charge in [-0.25, -0.2) is 9.97 Å². The third-order valence-electron chi connectivity index (χ3n) is 4.56. The molecule has 0 aromatic carbocycles. The van der Waals surface area contributed by atoms with E-state index in [1.807, 2.05) is 47.1 Å². The Kier molecular flexibility index (Phi) is 7.65. The zero-order chi connectivity index (χ0) is 18.1. The van der Waals surface area contributed by atoms with Gasteiger partial charge in [-0.3, -0.25) is 4.79 Å². The summed E-state index contributed by atoms with van der Waals surface area (Å²) in [5.74, 6) is 2.58. The van der Waals surface area contributed by atoms with Crippen molar-refractivity contribution >= 4 is 42.1 Å². The molecule has 1 N–H and O–H groups in total. The maximum Gasteiger partial charge on any atom is 0.229 e. The first-order valence-corrected chi connectivity index (χ1v) is 9.48. The Morgan fingerprint density at radius 1 is 1.39 bits per heavy atom. The lowest BCUT2D eigenvalue weighted by Gasteiger charge is -2.35. The van der Waals surface area contributed by atoms with E-state index in [9.17, 15) is 4.79 Å². The number of rotatable bonds is 4. The number of amides is 1. The van der Waals surface area contributed by atoms with Crippen LogP contribution < -0.4 is 5.32 Å². The molecule has 28 heavy (non-hydrogen) atoms. The minimum Gasteiger partial charge on any atom is -0.459 e. The van der Waals surface area contributed by atoms with E-state index in [1.165, 1.54) is 11.3 Å². The third-order valence-corrected chi connectivity index (χ3v) is 5.46. The molecule has 1 aliphatic heterocycles. The molecular formula is C18H23Cl2N5O2S. The number of hydrogen-bond acceptors (Lipinski definition) is 6. The van der Waals surface area contributed by atoms with Gasteiger partial charge in [-0.1, -0.05) is 0 Å². The molecule has 1 unspecified atom stereocenters. The fraction of sp³-hybridized carbons (Fsp3) is 0.389. The second-order valence-electron chi connectivity index (χ2n) is 6.43. The van der Waals surface area contributed by atoms with Gasteiger partial charge in [0.05, 0.1) is 12.1 Å². The first-order chi connectivity index (χ1) is 12.6. The van der Waals surface area contributed by atoms with Crippen LogP contribution in [0.5, 0.6) is 0 Å². The van der Waals surface area contributed by atoms with Crippen LogP contribution in [0, 0.1) is 6.92 Å². The molecule has 0 spiro atoms. The van der Waals surface area contributed by atoms with Crippen LogP contribution >= 0.6 is 36.2 Å². The molecule has 4 rings (SSSR count). The molecule has 4 heterocycles. The van der Waals surface area contributed by atoms with E-state index in [2.05, 4.69) is 15.3 Å². The first-order valence-electron chi connectivity index (χ1n) is 8.60. The summed E-state index contributed by atoms with van der Waals surface area (Å²) in [7, 11) is 1.96. The minimum absolute atomic E-state index is 0. The van der Waals surface area contributed by atoms with E-state index in [0.29, 0.717) is 13.1 Å². The number of thiazole rings is 1. The van der Waals surface area contributed by atoms with Gasteiger partial charge in [0, 0.05) is 44.5 Å². The number of piperazine rings is 1. The smallest absolute Gasteiger partial charge is 0.229 e. The number of furan rings is 1. The molecule has 3 aromatic heterocycles. The van der Waals surface area contributed by atoms with Crippen LogP contribution in [-0.4, -0.2) is 45.0 Å². The summed E-state index contributed by atoms with van der Waals surface area (Å²) >= 11 is 1.50. The summed E-state index contributed by atoms with van der Waals surface area (Å²) in [6.45, 7) is 4.08. The van der Waals surface area contributed by atoms with Gasteiger partial charge >= 0.3 is 0 Å². The molecule has 1 saturated heterocycles. The van der Waals surface area contributed by atoms with E-state index in [4.69, 9.17) is 4.42 Å². The predicted molar refractivity (Wildman–Crippen MR) is 113 cm³/mol. The number of halogens is 2. The molecule has 0 bridgehead atoms. The van der Waals surface area contributed by atoms with Crippen LogP contribution in [0.4, 0.5) is 0 Å². The summed E-state index contributed by atoms with van der Waals surface area (Å²) < 4.78 is 7.59. The fourth-order valence-corrected chi connectivity index (χ4v) is 4.02. The molecule has 1 amide bonds. The maximum atomic E-state index is 12.9. The van der Waals surface area contributed by atoms with Crippen molar-refractivity contribution in [2.75, 3.05) is 19.6 Å².